The van der Waals surface area contributed by atoms with Crippen molar-refractivity contribution in [2.45, 2.75) is 19.3 Å². The van der Waals surface area contributed by atoms with Gasteiger partial charge in [0.2, 0.25) is 5.91 Å². The Morgan fingerprint density at radius 3 is 2.89 bits per heavy atom. The molecule has 0 aliphatic carbocycles. The van der Waals surface area contributed by atoms with Crippen LogP contribution in [0.4, 0.5) is 0 Å². The normalized spacial score (nSPS) is 9.44. The molecule has 0 radical (unpaired) electrons. The summed E-state index contributed by atoms with van der Waals surface area (Å²) in [5, 5.41) is 2.87. The predicted octanol–water partition coefficient (Wildman–Crippen LogP) is 1.51. The second-order valence-electron chi connectivity index (χ2n) is 3.84. The van der Waals surface area contributed by atoms with Crippen molar-refractivity contribution >= 4 is 18.3 Å². The summed E-state index contributed by atoms with van der Waals surface area (Å²) in [6.07, 6.45) is 2.06. The van der Waals surface area contributed by atoms with Gasteiger partial charge in [-0.2, -0.15) is 0 Å². The summed E-state index contributed by atoms with van der Waals surface area (Å²) in [5.41, 5.74) is 6.49. The van der Waals surface area contributed by atoms with Gasteiger partial charge in [-0.1, -0.05) is 12.1 Å². The zero-order valence-corrected chi connectivity index (χ0v) is 11.5. The first kappa shape index (κ1) is 16.7. The largest absolute Gasteiger partial charge is 0.497 e. The highest BCUT2D eigenvalue weighted by Gasteiger charge is 2.00. The summed E-state index contributed by atoms with van der Waals surface area (Å²) in [6, 6.07) is 7.86. The third-order valence-corrected chi connectivity index (χ3v) is 2.48. The first-order valence-electron chi connectivity index (χ1n) is 5.86. The Bertz CT molecular complexity index is 359. The number of methoxy groups -OCH3 is 1. The highest BCUT2D eigenvalue weighted by Crippen LogP contribution is 2.12. The lowest BCUT2D eigenvalue weighted by atomic mass is 10.1. The molecule has 0 bridgehead atoms. The average Bonchev–Trinajstić information content (AvgIpc) is 2.36. The Morgan fingerprint density at radius 1 is 1.44 bits per heavy atom. The second-order valence-corrected chi connectivity index (χ2v) is 3.84. The molecule has 0 unspecified atom stereocenters. The van der Waals surface area contributed by atoms with Crippen molar-refractivity contribution in [2.24, 2.45) is 5.73 Å². The van der Waals surface area contributed by atoms with Crippen LogP contribution < -0.4 is 15.8 Å². The highest BCUT2D eigenvalue weighted by molar-refractivity contribution is 5.85. The van der Waals surface area contributed by atoms with Crippen molar-refractivity contribution in [3.8, 4) is 5.75 Å². The lowest BCUT2D eigenvalue weighted by Crippen LogP contribution is -2.25. The zero-order valence-electron chi connectivity index (χ0n) is 10.6. The molecule has 0 saturated heterocycles. The maximum atomic E-state index is 11.3. The Labute approximate surface area is 114 Å². The van der Waals surface area contributed by atoms with Crippen LogP contribution in [0.1, 0.15) is 18.4 Å². The van der Waals surface area contributed by atoms with E-state index in [2.05, 4.69) is 5.32 Å². The van der Waals surface area contributed by atoms with Crippen molar-refractivity contribution in [3.63, 3.8) is 0 Å². The number of rotatable bonds is 7. The van der Waals surface area contributed by atoms with Crippen molar-refractivity contribution in [3.05, 3.63) is 29.8 Å². The molecule has 3 N–H and O–H groups in total. The van der Waals surface area contributed by atoms with E-state index in [1.54, 1.807) is 7.11 Å². The van der Waals surface area contributed by atoms with Gasteiger partial charge in [-0.15, -0.1) is 12.4 Å². The van der Waals surface area contributed by atoms with E-state index in [-0.39, 0.29) is 18.3 Å². The summed E-state index contributed by atoms with van der Waals surface area (Å²) in [4.78, 5) is 11.3. The van der Waals surface area contributed by atoms with Crippen molar-refractivity contribution in [1.29, 1.82) is 0 Å². The van der Waals surface area contributed by atoms with Crippen LogP contribution in [-0.2, 0) is 11.2 Å². The zero-order chi connectivity index (χ0) is 12.5. The fourth-order valence-corrected chi connectivity index (χ4v) is 1.53. The molecule has 0 atom stereocenters. The number of hydrogen-bond acceptors (Lipinski definition) is 3. The number of benzene rings is 1. The van der Waals surface area contributed by atoms with Gasteiger partial charge in [-0.25, -0.2) is 0 Å². The van der Waals surface area contributed by atoms with E-state index >= 15 is 0 Å². The molecular weight excluding hydrogens is 252 g/mol. The highest BCUT2D eigenvalue weighted by atomic mass is 35.5. The first-order valence-corrected chi connectivity index (χ1v) is 5.86. The summed E-state index contributed by atoms with van der Waals surface area (Å²) in [7, 11) is 1.65. The number of carbonyl (C=O) groups excluding carboxylic acids is 1. The van der Waals surface area contributed by atoms with E-state index in [0.29, 0.717) is 19.5 Å². The van der Waals surface area contributed by atoms with Crippen LogP contribution in [0.5, 0.6) is 5.75 Å². The van der Waals surface area contributed by atoms with Gasteiger partial charge >= 0.3 is 0 Å². The van der Waals surface area contributed by atoms with Gasteiger partial charge in [0.05, 0.1) is 7.11 Å². The molecule has 1 aromatic carbocycles. The quantitative estimate of drug-likeness (QED) is 0.791. The lowest BCUT2D eigenvalue weighted by Gasteiger charge is -2.06. The molecule has 4 nitrogen and oxygen atoms in total. The van der Waals surface area contributed by atoms with Crippen molar-refractivity contribution in [1.82, 2.24) is 5.32 Å². The van der Waals surface area contributed by atoms with Gasteiger partial charge in [0.15, 0.2) is 0 Å². The third-order valence-electron chi connectivity index (χ3n) is 2.48. The van der Waals surface area contributed by atoms with Gasteiger partial charge in [-0.05, 0) is 37.1 Å². The van der Waals surface area contributed by atoms with Crippen LogP contribution in [0.15, 0.2) is 24.3 Å². The smallest absolute Gasteiger partial charge is 0.220 e. The molecule has 18 heavy (non-hydrogen) atoms. The molecule has 0 heterocycles. The minimum atomic E-state index is 0. The molecule has 0 aromatic heterocycles. The van der Waals surface area contributed by atoms with Crippen molar-refractivity contribution < 1.29 is 9.53 Å². The molecule has 5 heteroatoms. The standard InChI is InChI=1S/C13H20N2O2.ClH/c1-17-12-5-2-4-11(10-12)7-9-15-13(16)6-3-8-14;/h2,4-5,10H,3,6-9,14H2,1H3,(H,15,16);1H. The van der Waals surface area contributed by atoms with E-state index < -0.39 is 0 Å². The SMILES string of the molecule is COc1cccc(CCNC(=O)CCCN)c1.Cl. The third kappa shape index (κ3) is 6.47. The van der Waals surface area contributed by atoms with Crippen LogP contribution >= 0.6 is 12.4 Å². The average molecular weight is 273 g/mol. The molecule has 1 aromatic rings. The summed E-state index contributed by atoms with van der Waals surface area (Å²) in [5.74, 6) is 0.912. The Kier molecular flexibility index (Phi) is 9.06. The minimum absolute atomic E-state index is 0. The number of carbonyl (C=O) groups is 1. The molecule has 1 amide bonds. The molecule has 102 valence electrons. The van der Waals surface area contributed by atoms with Crippen LogP contribution in [0.2, 0.25) is 0 Å². The van der Waals surface area contributed by atoms with E-state index in [1.165, 1.54) is 0 Å². The molecule has 0 spiro atoms. The van der Waals surface area contributed by atoms with Gasteiger partial charge < -0.3 is 15.8 Å². The summed E-state index contributed by atoms with van der Waals surface area (Å²) < 4.78 is 5.13. The maximum absolute atomic E-state index is 11.3. The van der Waals surface area contributed by atoms with E-state index in [4.69, 9.17) is 10.5 Å². The van der Waals surface area contributed by atoms with E-state index in [9.17, 15) is 4.79 Å². The monoisotopic (exact) mass is 272 g/mol. The fourth-order valence-electron chi connectivity index (χ4n) is 1.53. The van der Waals surface area contributed by atoms with Crippen LogP contribution in [0.3, 0.4) is 0 Å². The molecule has 1 rings (SSSR count). The van der Waals surface area contributed by atoms with Crippen LogP contribution in [-0.4, -0.2) is 26.1 Å². The Balaban J connectivity index is 0.00000289. The lowest BCUT2D eigenvalue weighted by molar-refractivity contribution is -0.121. The van der Waals surface area contributed by atoms with Crippen LogP contribution in [0, 0.1) is 0 Å². The number of halogens is 1. The number of hydrogen-bond donors (Lipinski definition) is 2. The topological polar surface area (TPSA) is 64.3 Å². The number of nitrogens with one attached hydrogen (secondary N) is 1. The van der Waals surface area contributed by atoms with E-state index in [1.807, 2.05) is 24.3 Å². The first-order chi connectivity index (χ1) is 8.26. The van der Waals surface area contributed by atoms with E-state index in [0.717, 1.165) is 24.2 Å². The number of ether oxygens (including phenoxy) is 1. The Morgan fingerprint density at radius 2 is 2.22 bits per heavy atom. The molecule has 0 aliphatic heterocycles. The second kappa shape index (κ2) is 9.74. The van der Waals surface area contributed by atoms with Crippen molar-refractivity contribution in [2.75, 3.05) is 20.2 Å². The molecular formula is C13H21ClN2O2. The fraction of sp³-hybridized carbons (Fsp3) is 0.462. The van der Waals surface area contributed by atoms with Gasteiger partial charge in [0, 0.05) is 13.0 Å². The predicted molar refractivity (Wildman–Crippen MR) is 75.2 cm³/mol. The number of amides is 1. The minimum Gasteiger partial charge on any atom is -0.497 e. The maximum Gasteiger partial charge on any atom is 0.220 e. The summed E-state index contributed by atoms with van der Waals surface area (Å²) >= 11 is 0. The molecule has 0 fully saturated rings. The number of nitrogens with two attached hydrogens (primary N) is 1. The van der Waals surface area contributed by atoms with Crippen LogP contribution in [0.25, 0.3) is 0 Å². The van der Waals surface area contributed by atoms with Gasteiger partial charge in [-0.3, -0.25) is 4.79 Å². The molecule has 0 saturated carbocycles. The van der Waals surface area contributed by atoms with Gasteiger partial charge in [0.1, 0.15) is 5.75 Å². The molecule has 0 aliphatic rings. The summed E-state index contributed by atoms with van der Waals surface area (Å²) in [6.45, 7) is 1.21. The van der Waals surface area contributed by atoms with Gasteiger partial charge in [0.25, 0.3) is 0 Å². The Hall–Kier alpha value is -1.26.